The molecular formula is C28H50. The average molecular weight is 387 g/mol. The molecular weight excluding hydrogens is 336 g/mol. The van der Waals surface area contributed by atoms with E-state index >= 15 is 0 Å². The van der Waals surface area contributed by atoms with Crippen molar-refractivity contribution < 1.29 is 0 Å². The molecule has 0 heterocycles. The van der Waals surface area contributed by atoms with Gasteiger partial charge in [-0.15, -0.1) is 6.58 Å². The first-order chi connectivity index (χ1) is 13.9. The highest BCUT2D eigenvalue weighted by atomic mass is 14.0. The fourth-order valence-electron chi connectivity index (χ4n) is 3.41. The zero-order chi connectivity index (χ0) is 20.4. The van der Waals surface area contributed by atoms with Crippen molar-refractivity contribution in [3.63, 3.8) is 0 Å². The van der Waals surface area contributed by atoms with E-state index in [9.17, 15) is 0 Å². The normalized spacial score (nSPS) is 12.0. The van der Waals surface area contributed by atoms with Crippen LogP contribution in [0, 0.1) is 0 Å². The first kappa shape index (κ1) is 27.0. The van der Waals surface area contributed by atoms with Crippen LogP contribution in [0.5, 0.6) is 0 Å². The highest BCUT2D eigenvalue weighted by Gasteiger charge is 1.91. The van der Waals surface area contributed by atoms with Gasteiger partial charge in [-0.25, -0.2) is 0 Å². The Kier molecular flexibility index (Phi) is 25.0. The van der Waals surface area contributed by atoms with Crippen molar-refractivity contribution in [3.8, 4) is 0 Å². The van der Waals surface area contributed by atoms with Crippen LogP contribution in [-0.4, -0.2) is 0 Å². The highest BCUT2D eigenvalue weighted by molar-refractivity contribution is 5.02. The molecule has 0 saturated carbocycles. The number of hydrogen-bond acceptors (Lipinski definition) is 0. The molecule has 0 unspecified atom stereocenters. The smallest absolute Gasteiger partial charge is 0.0347 e. The van der Waals surface area contributed by atoms with E-state index < -0.39 is 0 Å². The average Bonchev–Trinajstić information content (AvgIpc) is 2.71. The molecule has 0 spiro atoms. The molecule has 0 atom stereocenters. The molecule has 162 valence electrons. The molecule has 0 aromatic carbocycles. The summed E-state index contributed by atoms with van der Waals surface area (Å²) in [6, 6.07) is 0. The zero-order valence-corrected chi connectivity index (χ0v) is 19.2. The Bertz CT molecular complexity index is 371. The topological polar surface area (TPSA) is 0 Å². The van der Waals surface area contributed by atoms with Crippen molar-refractivity contribution in [1.82, 2.24) is 0 Å². The van der Waals surface area contributed by atoms with E-state index in [1.807, 2.05) is 6.08 Å². The minimum atomic E-state index is 1.15. The number of hydrogen-bond donors (Lipinski definition) is 0. The molecule has 0 amide bonds. The van der Waals surface area contributed by atoms with Crippen LogP contribution in [0.15, 0.2) is 49.1 Å². The lowest BCUT2D eigenvalue weighted by Gasteiger charge is -2.00. The number of allylic oxidation sites excluding steroid dienone is 7. The summed E-state index contributed by atoms with van der Waals surface area (Å²) < 4.78 is 0. The molecule has 0 aliphatic heterocycles. The maximum Gasteiger partial charge on any atom is -0.0347 e. The SMILES string of the molecule is C=CCCCCC=CC=CCCCCCCCCCC=CCCCCCCC. The van der Waals surface area contributed by atoms with Crippen molar-refractivity contribution >= 4 is 0 Å². The largest absolute Gasteiger partial charge is 0.103 e. The summed E-state index contributed by atoms with van der Waals surface area (Å²) in [4.78, 5) is 0. The molecule has 0 bridgehead atoms. The quantitative estimate of drug-likeness (QED) is 0.0985. The van der Waals surface area contributed by atoms with Crippen LogP contribution in [0.4, 0.5) is 0 Å². The highest BCUT2D eigenvalue weighted by Crippen LogP contribution is 2.11. The predicted molar refractivity (Wildman–Crippen MR) is 131 cm³/mol. The van der Waals surface area contributed by atoms with Gasteiger partial charge >= 0.3 is 0 Å². The lowest BCUT2D eigenvalue weighted by atomic mass is 10.1. The Morgan fingerprint density at radius 3 is 1.25 bits per heavy atom. The van der Waals surface area contributed by atoms with Crippen molar-refractivity contribution in [2.45, 2.75) is 129 Å². The molecule has 0 radical (unpaired) electrons. The summed E-state index contributed by atoms with van der Waals surface area (Å²) in [6.07, 6.45) is 41.5. The molecule has 0 aromatic heterocycles. The Balaban J connectivity index is 3.18. The van der Waals surface area contributed by atoms with Crippen LogP contribution < -0.4 is 0 Å². The van der Waals surface area contributed by atoms with Crippen LogP contribution in [-0.2, 0) is 0 Å². The van der Waals surface area contributed by atoms with Crippen LogP contribution in [0.1, 0.15) is 129 Å². The first-order valence-electron chi connectivity index (χ1n) is 12.5. The molecule has 0 N–H and O–H groups in total. The summed E-state index contributed by atoms with van der Waals surface area (Å²) in [5, 5.41) is 0. The summed E-state index contributed by atoms with van der Waals surface area (Å²) in [7, 11) is 0. The minimum absolute atomic E-state index is 1.15. The summed E-state index contributed by atoms with van der Waals surface area (Å²) in [5.41, 5.74) is 0. The van der Waals surface area contributed by atoms with Crippen LogP contribution >= 0.6 is 0 Å². The zero-order valence-electron chi connectivity index (χ0n) is 19.2. The lowest BCUT2D eigenvalue weighted by Crippen LogP contribution is -1.80. The summed E-state index contributed by atoms with van der Waals surface area (Å²) >= 11 is 0. The van der Waals surface area contributed by atoms with E-state index in [2.05, 4.69) is 50.0 Å². The third-order valence-corrected chi connectivity index (χ3v) is 5.29. The van der Waals surface area contributed by atoms with E-state index in [1.54, 1.807) is 0 Å². The molecule has 28 heavy (non-hydrogen) atoms. The van der Waals surface area contributed by atoms with Gasteiger partial charge in [0.15, 0.2) is 0 Å². The monoisotopic (exact) mass is 386 g/mol. The fraction of sp³-hybridized carbons (Fsp3) is 0.714. The second-order valence-corrected chi connectivity index (χ2v) is 8.16. The van der Waals surface area contributed by atoms with E-state index in [-0.39, 0.29) is 0 Å². The lowest BCUT2D eigenvalue weighted by molar-refractivity contribution is 0.583. The van der Waals surface area contributed by atoms with Crippen molar-refractivity contribution in [1.29, 1.82) is 0 Å². The fourth-order valence-corrected chi connectivity index (χ4v) is 3.41. The second kappa shape index (κ2) is 26.0. The number of unbranched alkanes of at least 4 members (excludes halogenated alkanes) is 16. The van der Waals surface area contributed by atoms with E-state index in [4.69, 9.17) is 0 Å². The standard InChI is InChI=1S/C28H50/c1-3-5-7-9-11-13-15-17-19-21-23-25-27-28-26-24-22-20-18-16-14-12-10-8-6-4-2/h3,13,15-19H,1,4-12,14,20-28H2,2H3. The predicted octanol–water partition coefficient (Wildman–Crippen LogP) is 10.3. The molecule has 0 rings (SSSR count). The molecule has 0 aromatic rings. The van der Waals surface area contributed by atoms with Gasteiger partial charge in [-0.2, -0.15) is 0 Å². The molecule has 0 aliphatic carbocycles. The van der Waals surface area contributed by atoms with Gasteiger partial charge in [0.2, 0.25) is 0 Å². The third kappa shape index (κ3) is 25.0. The van der Waals surface area contributed by atoms with E-state index in [1.165, 1.54) is 116 Å². The van der Waals surface area contributed by atoms with Gasteiger partial charge in [0, 0.05) is 0 Å². The van der Waals surface area contributed by atoms with Gasteiger partial charge < -0.3 is 0 Å². The summed E-state index contributed by atoms with van der Waals surface area (Å²) in [5.74, 6) is 0. The van der Waals surface area contributed by atoms with Crippen molar-refractivity contribution in [2.75, 3.05) is 0 Å². The van der Waals surface area contributed by atoms with Crippen LogP contribution in [0.2, 0.25) is 0 Å². The van der Waals surface area contributed by atoms with Crippen molar-refractivity contribution in [3.05, 3.63) is 49.1 Å². The third-order valence-electron chi connectivity index (χ3n) is 5.29. The number of rotatable bonds is 22. The second-order valence-electron chi connectivity index (χ2n) is 8.16. The van der Waals surface area contributed by atoms with Gasteiger partial charge in [-0.1, -0.05) is 107 Å². The van der Waals surface area contributed by atoms with Gasteiger partial charge in [-0.05, 0) is 64.2 Å². The Labute approximate surface area is 178 Å². The van der Waals surface area contributed by atoms with Gasteiger partial charge in [0.25, 0.3) is 0 Å². The summed E-state index contributed by atoms with van der Waals surface area (Å²) in [6.45, 7) is 6.04. The molecule has 0 heteroatoms. The van der Waals surface area contributed by atoms with Gasteiger partial charge in [0.05, 0.1) is 0 Å². The Morgan fingerprint density at radius 2 is 0.786 bits per heavy atom. The minimum Gasteiger partial charge on any atom is -0.103 e. The molecule has 0 aliphatic rings. The molecule has 0 nitrogen and oxygen atoms in total. The maximum absolute atomic E-state index is 3.76. The van der Waals surface area contributed by atoms with Crippen LogP contribution in [0.25, 0.3) is 0 Å². The van der Waals surface area contributed by atoms with Crippen LogP contribution in [0.3, 0.4) is 0 Å². The van der Waals surface area contributed by atoms with Gasteiger partial charge in [-0.3, -0.25) is 0 Å². The van der Waals surface area contributed by atoms with Crippen molar-refractivity contribution in [2.24, 2.45) is 0 Å². The Hall–Kier alpha value is -1.04. The maximum atomic E-state index is 3.76. The van der Waals surface area contributed by atoms with E-state index in [0.29, 0.717) is 0 Å². The Morgan fingerprint density at radius 1 is 0.429 bits per heavy atom. The first-order valence-corrected chi connectivity index (χ1v) is 12.5. The molecule has 0 fully saturated rings. The van der Waals surface area contributed by atoms with Gasteiger partial charge in [0.1, 0.15) is 0 Å². The molecule has 0 saturated heterocycles. The van der Waals surface area contributed by atoms with E-state index in [0.717, 1.165) is 6.42 Å².